The first-order valence-electron chi connectivity index (χ1n) is 9.27. The number of halogens is 3. The molecule has 4 nitrogen and oxygen atoms in total. The van der Waals surface area contributed by atoms with Crippen LogP contribution in [0.4, 0.5) is 30.2 Å². The van der Waals surface area contributed by atoms with Gasteiger partial charge in [0.25, 0.3) is 0 Å². The van der Waals surface area contributed by atoms with Gasteiger partial charge in [0.05, 0.1) is 16.9 Å². The molecule has 1 aliphatic rings. The zero-order chi connectivity index (χ0) is 20.5. The van der Waals surface area contributed by atoms with E-state index in [2.05, 4.69) is 10.2 Å². The summed E-state index contributed by atoms with van der Waals surface area (Å²) in [7, 11) is 0. The third kappa shape index (κ3) is 4.58. The van der Waals surface area contributed by atoms with Crippen LogP contribution in [-0.2, 0) is 23.9 Å². The largest absolute Gasteiger partial charge is 0.416 e. The molecular formula is C21H24F3N3O. The standard InChI is InChI=1S/C21H24F3N3O/c1-13(2)9-20(28)26-18-10-15-7-8-27(19(15)11-17(18)25)12-14-3-5-16(6-4-14)21(22,23)24/h3-6,10-11,13H,7-9,12,25H2,1-2H3,(H,26,28). The van der Waals surface area contributed by atoms with Crippen LogP contribution < -0.4 is 16.0 Å². The van der Waals surface area contributed by atoms with Crippen molar-refractivity contribution >= 4 is 23.0 Å². The molecule has 0 fully saturated rings. The lowest BCUT2D eigenvalue weighted by Crippen LogP contribution is -2.20. The van der Waals surface area contributed by atoms with E-state index in [0.29, 0.717) is 24.3 Å². The Morgan fingerprint density at radius 2 is 1.89 bits per heavy atom. The Hall–Kier alpha value is -2.70. The van der Waals surface area contributed by atoms with Crippen LogP contribution in [0.5, 0.6) is 0 Å². The SMILES string of the molecule is CC(C)CC(=O)Nc1cc2c(cc1N)N(Cc1ccc(C(F)(F)F)cc1)CC2. The van der Waals surface area contributed by atoms with E-state index in [4.69, 9.17) is 5.73 Å². The molecule has 28 heavy (non-hydrogen) atoms. The molecule has 1 aliphatic heterocycles. The minimum absolute atomic E-state index is 0.0683. The van der Waals surface area contributed by atoms with Gasteiger partial charge in [0.1, 0.15) is 0 Å². The molecule has 7 heteroatoms. The van der Waals surface area contributed by atoms with Gasteiger partial charge in [-0.15, -0.1) is 0 Å². The second-order valence-corrected chi connectivity index (χ2v) is 7.58. The molecule has 0 atom stereocenters. The summed E-state index contributed by atoms with van der Waals surface area (Å²) in [6, 6.07) is 8.95. The van der Waals surface area contributed by atoms with Crippen LogP contribution in [-0.4, -0.2) is 12.5 Å². The smallest absolute Gasteiger partial charge is 0.397 e. The number of nitrogens with zero attached hydrogens (tertiary/aromatic N) is 1. The third-order valence-electron chi connectivity index (χ3n) is 4.76. The molecule has 1 amide bonds. The Morgan fingerprint density at radius 3 is 2.50 bits per heavy atom. The van der Waals surface area contributed by atoms with Crippen molar-refractivity contribution in [2.45, 2.75) is 39.4 Å². The number of alkyl halides is 3. The number of hydrogen-bond donors (Lipinski definition) is 2. The first kappa shape index (κ1) is 20.0. The number of anilines is 3. The highest BCUT2D eigenvalue weighted by atomic mass is 19.4. The van der Waals surface area contributed by atoms with Crippen molar-refractivity contribution in [2.75, 3.05) is 22.5 Å². The maximum Gasteiger partial charge on any atom is 0.416 e. The summed E-state index contributed by atoms with van der Waals surface area (Å²) < 4.78 is 38.1. The fourth-order valence-electron chi connectivity index (χ4n) is 3.38. The second kappa shape index (κ2) is 7.73. The number of carbonyl (C=O) groups is 1. The lowest BCUT2D eigenvalue weighted by molar-refractivity contribution is -0.137. The molecule has 0 radical (unpaired) electrons. The Labute approximate surface area is 162 Å². The van der Waals surface area contributed by atoms with Gasteiger partial charge in [0.15, 0.2) is 0 Å². The maximum atomic E-state index is 12.7. The zero-order valence-corrected chi connectivity index (χ0v) is 15.9. The van der Waals surface area contributed by atoms with Crippen LogP contribution >= 0.6 is 0 Å². The highest BCUT2D eigenvalue weighted by molar-refractivity contribution is 5.95. The molecule has 0 aromatic heterocycles. The van der Waals surface area contributed by atoms with E-state index < -0.39 is 11.7 Å². The molecule has 2 aromatic rings. The number of fused-ring (bicyclic) bond motifs is 1. The Bertz CT molecular complexity index is 860. The third-order valence-corrected chi connectivity index (χ3v) is 4.76. The van der Waals surface area contributed by atoms with Crippen molar-refractivity contribution in [3.63, 3.8) is 0 Å². The van der Waals surface area contributed by atoms with Crippen LogP contribution in [0.15, 0.2) is 36.4 Å². The first-order valence-corrected chi connectivity index (χ1v) is 9.27. The predicted molar refractivity (Wildman–Crippen MR) is 105 cm³/mol. The van der Waals surface area contributed by atoms with Crippen LogP contribution in [0, 0.1) is 5.92 Å². The topological polar surface area (TPSA) is 58.4 Å². The van der Waals surface area contributed by atoms with E-state index in [1.54, 1.807) is 0 Å². The molecule has 150 valence electrons. The molecule has 0 unspecified atom stereocenters. The van der Waals surface area contributed by atoms with Crippen LogP contribution in [0.1, 0.15) is 37.0 Å². The molecule has 2 aromatic carbocycles. The van der Waals surface area contributed by atoms with E-state index >= 15 is 0 Å². The fourth-order valence-corrected chi connectivity index (χ4v) is 3.38. The van der Waals surface area contributed by atoms with Crippen LogP contribution in [0.3, 0.4) is 0 Å². The fraction of sp³-hybridized carbons (Fsp3) is 0.381. The minimum atomic E-state index is -4.33. The van der Waals surface area contributed by atoms with Gasteiger partial charge in [-0.05, 0) is 47.7 Å². The molecule has 0 saturated heterocycles. The van der Waals surface area contributed by atoms with Crippen molar-refractivity contribution in [3.8, 4) is 0 Å². The normalized spacial score (nSPS) is 13.7. The average molecular weight is 391 g/mol. The van der Waals surface area contributed by atoms with E-state index in [9.17, 15) is 18.0 Å². The monoisotopic (exact) mass is 391 g/mol. The summed E-state index contributed by atoms with van der Waals surface area (Å²) in [5.41, 5.74) is 9.40. The highest BCUT2D eigenvalue weighted by Gasteiger charge is 2.30. The highest BCUT2D eigenvalue weighted by Crippen LogP contribution is 2.36. The van der Waals surface area contributed by atoms with E-state index in [1.165, 1.54) is 12.1 Å². The summed E-state index contributed by atoms with van der Waals surface area (Å²) in [5.74, 6) is 0.191. The van der Waals surface area contributed by atoms with Gasteiger partial charge in [-0.2, -0.15) is 13.2 Å². The Balaban J connectivity index is 1.73. The number of nitrogens with two attached hydrogens (primary N) is 1. The van der Waals surface area contributed by atoms with Gasteiger partial charge in [-0.25, -0.2) is 0 Å². The first-order chi connectivity index (χ1) is 13.1. The van der Waals surface area contributed by atoms with Gasteiger partial charge < -0.3 is 16.0 Å². The van der Waals surface area contributed by atoms with Gasteiger partial charge >= 0.3 is 6.18 Å². The van der Waals surface area contributed by atoms with E-state index in [1.807, 2.05) is 26.0 Å². The molecule has 0 bridgehead atoms. The van der Waals surface area contributed by atoms with Gasteiger partial charge in [-0.3, -0.25) is 4.79 Å². The van der Waals surface area contributed by atoms with Crippen LogP contribution in [0.2, 0.25) is 0 Å². The molecule has 0 aliphatic carbocycles. The number of nitrogens with one attached hydrogen (secondary N) is 1. The van der Waals surface area contributed by atoms with Gasteiger partial charge in [-0.1, -0.05) is 26.0 Å². The molecule has 3 rings (SSSR count). The van der Waals surface area contributed by atoms with Gasteiger partial charge in [0, 0.05) is 25.2 Å². The molecular weight excluding hydrogens is 367 g/mol. The van der Waals surface area contributed by atoms with Gasteiger partial charge in [0.2, 0.25) is 5.91 Å². The maximum absolute atomic E-state index is 12.7. The average Bonchev–Trinajstić information content (AvgIpc) is 2.96. The zero-order valence-electron chi connectivity index (χ0n) is 15.9. The predicted octanol–water partition coefficient (Wildman–Crippen LogP) is 4.83. The van der Waals surface area contributed by atoms with Crippen molar-refractivity contribution in [3.05, 3.63) is 53.1 Å². The van der Waals surface area contributed by atoms with Crippen molar-refractivity contribution in [1.82, 2.24) is 0 Å². The number of carbonyl (C=O) groups excluding carboxylic acids is 1. The summed E-state index contributed by atoms with van der Waals surface area (Å²) in [4.78, 5) is 14.1. The van der Waals surface area contributed by atoms with E-state index in [-0.39, 0.29) is 11.8 Å². The Kier molecular flexibility index (Phi) is 5.54. The number of benzene rings is 2. The number of amides is 1. The number of hydrogen-bond acceptors (Lipinski definition) is 3. The van der Waals surface area contributed by atoms with E-state index in [0.717, 1.165) is 41.9 Å². The summed E-state index contributed by atoms with van der Waals surface area (Å²) in [6.45, 7) is 5.21. The molecule has 3 N–H and O–H groups in total. The van der Waals surface area contributed by atoms with Crippen molar-refractivity contribution in [2.24, 2.45) is 5.92 Å². The quantitative estimate of drug-likeness (QED) is 0.718. The summed E-state index contributed by atoms with van der Waals surface area (Å²) in [6.07, 6.45) is -3.11. The van der Waals surface area contributed by atoms with Crippen molar-refractivity contribution in [1.29, 1.82) is 0 Å². The Morgan fingerprint density at radius 1 is 1.21 bits per heavy atom. The lowest BCUT2D eigenvalue weighted by atomic mass is 10.1. The number of nitrogen functional groups attached to an aromatic ring is 1. The lowest BCUT2D eigenvalue weighted by Gasteiger charge is -2.21. The second-order valence-electron chi connectivity index (χ2n) is 7.58. The summed E-state index contributed by atoms with van der Waals surface area (Å²) in [5, 5.41) is 2.87. The minimum Gasteiger partial charge on any atom is -0.397 e. The molecule has 1 heterocycles. The summed E-state index contributed by atoms with van der Waals surface area (Å²) >= 11 is 0. The van der Waals surface area contributed by atoms with Crippen LogP contribution in [0.25, 0.3) is 0 Å². The number of rotatable bonds is 5. The molecule has 0 saturated carbocycles. The van der Waals surface area contributed by atoms with Crippen molar-refractivity contribution < 1.29 is 18.0 Å². The molecule has 0 spiro atoms.